The van der Waals surface area contributed by atoms with E-state index in [1.165, 1.54) is 5.56 Å². The maximum atomic E-state index is 9.16. The van der Waals surface area contributed by atoms with Gasteiger partial charge in [0.05, 0.1) is 12.3 Å². The van der Waals surface area contributed by atoms with Crippen LogP contribution in [0.4, 0.5) is 0 Å². The van der Waals surface area contributed by atoms with Gasteiger partial charge in [0.1, 0.15) is 0 Å². The van der Waals surface area contributed by atoms with Crippen molar-refractivity contribution in [2.75, 3.05) is 6.61 Å². The van der Waals surface area contributed by atoms with Gasteiger partial charge in [-0.2, -0.15) is 5.10 Å². The highest BCUT2D eigenvalue weighted by Gasteiger charge is 2.21. The molecule has 0 saturated heterocycles. The molecule has 0 spiro atoms. The van der Waals surface area contributed by atoms with Gasteiger partial charge in [0, 0.05) is 36.8 Å². The molecule has 4 nitrogen and oxygen atoms in total. The van der Waals surface area contributed by atoms with E-state index in [9.17, 15) is 0 Å². The summed E-state index contributed by atoms with van der Waals surface area (Å²) in [5.41, 5.74) is 2.39. The molecule has 17 heavy (non-hydrogen) atoms. The summed E-state index contributed by atoms with van der Waals surface area (Å²) in [7, 11) is 1.95. The predicted octanol–water partition coefficient (Wildman–Crippen LogP) is 1.58. The van der Waals surface area contributed by atoms with Gasteiger partial charge in [-0.25, -0.2) is 0 Å². The third-order valence-corrected chi connectivity index (χ3v) is 2.91. The average molecular weight is 239 g/mol. The van der Waals surface area contributed by atoms with Crippen molar-refractivity contribution in [1.82, 2.24) is 15.1 Å². The Hall–Kier alpha value is -0.870. The SMILES string of the molecule is CCC(CO)NCc1cn(C)nc1C(C)(C)C. The van der Waals surface area contributed by atoms with Crippen LogP contribution in [0.25, 0.3) is 0 Å². The Morgan fingerprint density at radius 3 is 2.59 bits per heavy atom. The molecule has 98 valence electrons. The predicted molar refractivity (Wildman–Crippen MR) is 69.9 cm³/mol. The molecule has 1 aromatic heterocycles. The van der Waals surface area contributed by atoms with Crippen LogP contribution in [0, 0.1) is 0 Å². The van der Waals surface area contributed by atoms with Crippen molar-refractivity contribution in [2.24, 2.45) is 7.05 Å². The van der Waals surface area contributed by atoms with Crippen LogP contribution in [0.15, 0.2) is 6.20 Å². The lowest BCUT2D eigenvalue weighted by molar-refractivity contribution is 0.238. The summed E-state index contributed by atoms with van der Waals surface area (Å²) in [6.07, 6.45) is 2.99. The number of rotatable bonds is 5. The van der Waals surface area contributed by atoms with Crippen LogP contribution >= 0.6 is 0 Å². The average Bonchev–Trinajstić information content (AvgIpc) is 2.61. The topological polar surface area (TPSA) is 50.1 Å². The van der Waals surface area contributed by atoms with Crippen LogP contribution in [-0.4, -0.2) is 27.5 Å². The molecule has 1 rings (SSSR count). The van der Waals surface area contributed by atoms with E-state index in [0.717, 1.165) is 18.7 Å². The zero-order chi connectivity index (χ0) is 13.1. The van der Waals surface area contributed by atoms with E-state index in [1.807, 2.05) is 11.7 Å². The fraction of sp³-hybridized carbons (Fsp3) is 0.769. The summed E-state index contributed by atoms with van der Waals surface area (Å²) < 4.78 is 1.86. The Morgan fingerprint density at radius 2 is 2.12 bits per heavy atom. The fourth-order valence-electron chi connectivity index (χ4n) is 1.89. The van der Waals surface area contributed by atoms with Crippen molar-refractivity contribution in [2.45, 2.75) is 52.1 Å². The molecule has 1 atom stereocenters. The minimum absolute atomic E-state index is 0.0548. The molecule has 0 bridgehead atoms. The highest BCUT2D eigenvalue weighted by molar-refractivity contribution is 5.23. The fourth-order valence-corrected chi connectivity index (χ4v) is 1.89. The molecule has 0 fully saturated rings. The van der Waals surface area contributed by atoms with Gasteiger partial charge in [0.2, 0.25) is 0 Å². The van der Waals surface area contributed by atoms with Crippen LogP contribution in [0.2, 0.25) is 0 Å². The highest BCUT2D eigenvalue weighted by Crippen LogP contribution is 2.24. The lowest BCUT2D eigenvalue weighted by Gasteiger charge is -2.19. The van der Waals surface area contributed by atoms with Gasteiger partial charge in [0.15, 0.2) is 0 Å². The molecule has 2 N–H and O–H groups in total. The Balaban J connectivity index is 2.77. The van der Waals surface area contributed by atoms with Gasteiger partial charge in [-0.3, -0.25) is 4.68 Å². The van der Waals surface area contributed by atoms with Crippen LogP contribution < -0.4 is 5.32 Å². The molecule has 0 aliphatic carbocycles. The van der Waals surface area contributed by atoms with Crippen molar-refractivity contribution in [1.29, 1.82) is 0 Å². The maximum Gasteiger partial charge on any atom is 0.0722 e. The molecule has 1 unspecified atom stereocenters. The number of nitrogens with one attached hydrogen (secondary N) is 1. The third-order valence-electron chi connectivity index (χ3n) is 2.91. The summed E-state index contributed by atoms with van der Waals surface area (Å²) >= 11 is 0. The lowest BCUT2D eigenvalue weighted by atomic mass is 9.89. The van der Waals surface area contributed by atoms with Crippen molar-refractivity contribution in [3.63, 3.8) is 0 Å². The number of aliphatic hydroxyl groups excluding tert-OH is 1. The second-order valence-electron chi connectivity index (χ2n) is 5.60. The molecule has 1 heterocycles. The van der Waals surface area contributed by atoms with Gasteiger partial charge in [0.25, 0.3) is 0 Å². The van der Waals surface area contributed by atoms with E-state index in [2.05, 4.69) is 44.3 Å². The van der Waals surface area contributed by atoms with Gasteiger partial charge in [-0.05, 0) is 6.42 Å². The summed E-state index contributed by atoms with van der Waals surface area (Å²) in [6.45, 7) is 9.52. The third kappa shape index (κ3) is 3.82. The van der Waals surface area contributed by atoms with E-state index in [0.29, 0.717) is 0 Å². The highest BCUT2D eigenvalue weighted by atomic mass is 16.3. The molecular formula is C13H25N3O. The van der Waals surface area contributed by atoms with Gasteiger partial charge in [-0.15, -0.1) is 0 Å². The normalized spacial score (nSPS) is 14.0. The van der Waals surface area contributed by atoms with Gasteiger partial charge >= 0.3 is 0 Å². The monoisotopic (exact) mass is 239 g/mol. The lowest BCUT2D eigenvalue weighted by Crippen LogP contribution is -2.31. The zero-order valence-electron chi connectivity index (χ0n) is 11.6. The molecule has 0 amide bonds. The smallest absolute Gasteiger partial charge is 0.0722 e. The first kappa shape index (κ1) is 14.2. The Kier molecular flexibility index (Phi) is 4.71. The van der Waals surface area contributed by atoms with Gasteiger partial charge < -0.3 is 10.4 Å². The quantitative estimate of drug-likeness (QED) is 0.820. The van der Waals surface area contributed by atoms with Crippen molar-refractivity contribution >= 4 is 0 Å². The number of aryl methyl sites for hydroxylation is 1. The molecule has 4 heteroatoms. The second kappa shape index (κ2) is 5.65. The van der Waals surface area contributed by atoms with E-state index in [1.54, 1.807) is 0 Å². The largest absolute Gasteiger partial charge is 0.395 e. The standard InChI is InChI=1S/C13H25N3O/c1-6-11(9-17)14-7-10-8-16(5)15-12(10)13(2,3)4/h8,11,14,17H,6-7,9H2,1-5H3. The van der Waals surface area contributed by atoms with E-state index >= 15 is 0 Å². The number of aromatic nitrogens is 2. The minimum atomic E-state index is 0.0548. The number of nitrogens with zero attached hydrogens (tertiary/aromatic N) is 2. The van der Waals surface area contributed by atoms with Crippen molar-refractivity contribution in [3.05, 3.63) is 17.5 Å². The van der Waals surface area contributed by atoms with Crippen LogP contribution in [0.1, 0.15) is 45.4 Å². The molecule has 0 aromatic carbocycles. The first-order chi connectivity index (χ1) is 7.88. The molecule has 0 radical (unpaired) electrons. The Morgan fingerprint density at radius 1 is 1.47 bits per heavy atom. The van der Waals surface area contributed by atoms with Crippen LogP contribution in [0.3, 0.4) is 0 Å². The summed E-state index contributed by atoms with van der Waals surface area (Å²) in [5.74, 6) is 0. The molecular weight excluding hydrogens is 214 g/mol. The summed E-state index contributed by atoms with van der Waals surface area (Å²) in [5, 5.41) is 17.0. The van der Waals surface area contributed by atoms with Crippen molar-refractivity contribution < 1.29 is 5.11 Å². The first-order valence-corrected chi connectivity index (χ1v) is 6.25. The summed E-state index contributed by atoms with van der Waals surface area (Å²) in [6, 6.07) is 0.169. The van der Waals surface area contributed by atoms with Crippen LogP contribution in [-0.2, 0) is 19.0 Å². The zero-order valence-corrected chi connectivity index (χ0v) is 11.6. The first-order valence-electron chi connectivity index (χ1n) is 6.25. The Labute approximate surface area is 104 Å². The maximum absolute atomic E-state index is 9.16. The number of hydrogen-bond donors (Lipinski definition) is 2. The van der Waals surface area contributed by atoms with E-state index in [-0.39, 0.29) is 18.1 Å². The summed E-state index contributed by atoms with van der Waals surface area (Å²) in [4.78, 5) is 0. The molecule has 0 aliphatic rings. The second-order valence-corrected chi connectivity index (χ2v) is 5.60. The Bertz CT molecular complexity index is 348. The van der Waals surface area contributed by atoms with Crippen molar-refractivity contribution in [3.8, 4) is 0 Å². The van der Waals surface area contributed by atoms with Gasteiger partial charge in [-0.1, -0.05) is 27.7 Å². The minimum Gasteiger partial charge on any atom is -0.395 e. The van der Waals surface area contributed by atoms with Crippen LogP contribution in [0.5, 0.6) is 0 Å². The molecule has 0 saturated carbocycles. The molecule has 0 aliphatic heterocycles. The van der Waals surface area contributed by atoms with E-state index < -0.39 is 0 Å². The number of aliphatic hydroxyl groups is 1. The number of hydrogen-bond acceptors (Lipinski definition) is 3. The van der Waals surface area contributed by atoms with E-state index in [4.69, 9.17) is 5.11 Å². The molecule has 1 aromatic rings.